The average molecular weight is 535 g/mol. The van der Waals surface area contributed by atoms with Crippen LogP contribution >= 0.6 is 28.1 Å². The first kappa shape index (κ1) is 26.8. The molecule has 0 spiro atoms. The molecular weight excluding hydrogens is 502 g/mol. The van der Waals surface area contributed by atoms with Crippen molar-refractivity contribution >= 4 is 50.8 Å². The van der Waals surface area contributed by atoms with Gasteiger partial charge >= 0.3 is 0 Å². The molecule has 0 aromatic heterocycles. The zero-order chi connectivity index (χ0) is 24.4. The van der Waals surface area contributed by atoms with Gasteiger partial charge in [-0.1, -0.05) is 48.2 Å². The lowest BCUT2D eigenvalue weighted by atomic mass is 10.1. The summed E-state index contributed by atoms with van der Waals surface area (Å²) in [6.45, 7) is 8.47. The number of carbonyl (C=O) groups excluding carboxylic acids is 2. The van der Waals surface area contributed by atoms with E-state index in [0.717, 1.165) is 30.2 Å². The highest BCUT2D eigenvalue weighted by atomic mass is 79.9. The van der Waals surface area contributed by atoms with E-state index in [1.54, 1.807) is 36.4 Å². The number of nitrogens with one attached hydrogen (secondary N) is 3. The molecule has 6 nitrogen and oxygen atoms in total. The summed E-state index contributed by atoms with van der Waals surface area (Å²) >= 11 is 8.73. The van der Waals surface area contributed by atoms with Crippen molar-refractivity contribution in [2.24, 2.45) is 0 Å². The van der Waals surface area contributed by atoms with E-state index in [0.29, 0.717) is 29.2 Å². The van der Waals surface area contributed by atoms with Crippen LogP contribution in [0.2, 0.25) is 0 Å². The number of rotatable bonds is 9. The molecule has 33 heavy (non-hydrogen) atoms. The summed E-state index contributed by atoms with van der Waals surface area (Å²) in [6, 6.07) is 12.2. The lowest BCUT2D eigenvalue weighted by molar-refractivity contribution is 0.0918. The second kappa shape index (κ2) is 12.7. The molecule has 0 unspecified atom stereocenters. The van der Waals surface area contributed by atoms with E-state index >= 15 is 0 Å². The fraction of sp³-hybridized carbons (Fsp3) is 0.400. The minimum absolute atomic E-state index is 0.127. The van der Waals surface area contributed by atoms with Gasteiger partial charge in [-0.15, -0.1) is 0 Å². The van der Waals surface area contributed by atoms with Crippen LogP contribution in [0.5, 0.6) is 5.75 Å². The quantitative estimate of drug-likeness (QED) is 0.269. The largest absolute Gasteiger partial charge is 0.493 e. The van der Waals surface area contributed by atoms with E-state index in [1.165, 1.54) is 0 Å². The van der Waals surface area contributed by atoms with Gasteiger partial charge in [-0.05, 0) is 75.8 Å². The predicted molar refractivity (Wildman–Crippen MR) is 141 cm³/mol. The van der Waals surface area contributed by atoms with E-state index in [1.807, 2.05) is 26.8 Å². The van der Waals surface area contributed by atoms with Crippen molar-refractivity contribution < 1.29 is 14.3 Å². The van der Waals surface area contributed by atoms with Gasteiger partial charge in [0.25, 0.3) is 11.8 Å². The summed E-state index contributed by atoms with van der Waals surface area (Å²) in [4.78, 5) is 25.3. The molecule has 8 heteroatoms. The van der Waals surface area contributed by atoms with Crippen LogP contribution in [-0.2, 0) is 0 Å². The Kier molecular flexibility index (Phi) is 10.3. The van der Waals surface area contributed by atoms with E-state index in [-0.39, 0.29) is 22.5 Å². The van der Waals surface area contributed by atoms with Crippen molar-refractivity contribution in [1.29, 1.82) is 0 Å². The monoisotopic (exact) mass is 533 g/mol. The first-order valence-corrected chi connectivity index (χ1v) is 12.3. The summed E-state index contributed by atoms with van der Waals surface area (Å²) in [6.07, 6.45) is 4.34. The first-order chi connectivity index (χ1) is 15.6. The molecule has 0 aliphatic carbocycles. The number of ether oxygens (including phenoxy) is 1. The number of anilines is 1. The number of thiocarbonyl (C=S) groups is 1. The minimum Gasteiger partial charge on any atom is -0.493 e. The van der Waals surface area contributed by atoms with Gasteiger partial charge in [-0.3, -0.25) is 14.9 Å². The molecular formula is C25H32BrN3O3S. The van der Waals surface area contributed by atoms with Crippen LogP contribution in [0.15, 0.2) is 46.9 Å². The Labute approximate surface area is 210 Å². The van der Waals surface area contributed by atoms with E-state index < -0.39 is 0 Å². The van der Waals surface area contributed by atoms with Crippen molar-refractivity contribution in [2.75, 3.05) is 11.9 Å². The van der Waals surface area contributed by atoms with E-state index in [2.05, 4.69) is 38.8 Å². The van der Waals surface area contributed by atoms with Crippen LogP contribution in [0.4, 0.5) is 5.69 Å². The topological polar surface area (TPSA) is 79.5 Å². The van der Waals surface area contributed by atoms with Gasteiger partial charge in [0.15, 0.2) is 5.11 Å². The zero-order valence-electron chi connectivity index (χ0n) is 19.6. The average Bonchev–Trinajstić information content (AvgIpc) is 2.73. The highest BCUT2D eigenvalue weighted by Crippen LogP contribution is 2.24. The maximum Gasteiger partial charge on any atom is 0.261 e. The Morgan fingerprint density at radius 3 is 2.48 bits per heavy atom. The molecule has 0 heterocycles. The molecule has 178 valence electrons. The number of hydrogen-bond donors (Lipinski definition) is 3. The molecule has 0 radical (unpaired) electrons. The third kappa shape index (κ3) is 9.52. The Balaban J connectivity index is 2.02. The lowest BCUT2D eigenvalue weighted by Crippen LogP contribution is -2.40. The summed E-state index contributed by atoms with van der Waals surface area (Å²) in [5.41, 5.74) is 1.14. The number of hydrogen-bond acceptors (Lipinski definition) is 4. The Morgan fingerprint density at radius 1 is 1.03 bits per heavy atom. The predicted octanol–water partition coefficient (Wildman–Crippen LogP) is 6.06. The van der Waals surface area contributed by atoms with Crippen molar-refractivity contribution in [3.8, 4) is 5.75 Å². The molecule has 0 aliphatic heterocycles. The van der Waals surface area contributed by atoms with Crippen LogP contribution in [0.3, 0.4) is 0 Å². The maximum absolute atomic E-state index is 12.9. The van der Waals surface area contributed by atoms with Crippen LogP contribution in [0.1, 0.15) is 74.1 Å². The van der Waals surface area contributed by atoms with Crippen molar-refractivity contribution in [1.82, 2.24) is 10.6 Å². The highest BCUT2D eigenvalue weighted by molar-refractivity contribution is 9.10. The summed E-state index contributed by atoms with van der Waals surface area (Å²) in [5.74, 6) is -0.0502. The van der Waals surface area contributed by atoms with Gasteiger partial charge < -0.3 is 15.4 Å². The fourth-order valence-corrected chi connectivity index (χ4v) is 3.57. The molecule has 2 rings (SSSR count). The van der Waals surface area contributed by atoms with Crippen LogP contribution in [-0.4, -0.2) is 29.1 Å². The Bertz CT molecular complexity index is 989. The smallest absolute Gasteiger partial charge is 0.261 e. The summed E-state index contributed by atoms with van der Waals surface area (Å²) in [5, 5.41) is 8.71. The fourth-order valence-electron chi connectivity index (χ4n) is 3.00. The van der Waals surface area contributed by atoms with Gasteiger partial charge in [-0.25, -0.2) is 0 Å². The molecule has 2 aromatic rings. The molecule has 0 saturated carbocycles. The number of amides is 2. The molecule has 0 saturated heterocycles. The third-order valence-corrected chi connectivity index (χ3v) is 5.24. The van der Waals surface area contributed by atoms with Gasteiger partial charge in [0.1, 0.15) is 5.75 Å². The van der Waals surface area contributed by atoms with Gasteiger partial charge in [0.2, 0.25) is 0 Å². The Morgan fingerprint density at radius 2 is 1.79 bits per heavy atom. The summed E-state index contributed by atoms with van der Waals surface area (Å²) < 4.78 is 6.62. The second-order valence-corrected chi connectivity index (χ2v) is 10.1. The normalized spacial score (nSPS) is 10.9. The number of halogens is 1. The van der Waals surface area contributed by atoms with E-state index in [4.69, 9.17) is 17.0 Å². The molecule has 0 fully saturated rings. The second-order valence-electron chi connectivity index (χ2n) is 8.74. The first-order valence-electron chi connectivity index (χ1n) is 11.1. The lowest BCUT2D eigenvalue weighted by Gasteiger charge is -2.20. The van der Waals surface area contributed by atoms with Crippen molar-refractivity contribution in [3.63, 3.8) is 0 Å². The molecule has 0 bridgehead atoms. The van der Waals surface area contributed by atoms with Gasteiger partial charge in [0.05, 0.1) is 12.2 Å². The van der Waals surface area contributed by atoms with Crippen LogP contribution in [0, 0.1) is 0 Å². The Hall–Kier alpha value is -2.45. The molecule has 3 N–H and O–H groups in total. The van der Waals surface area contributed by atoms with Gasteiger partial charge in [0, 0.05) is 21.3 Å². The standard InChI is InChI=1S/C25H32BrN3O3S/c1-5-6-7-8-14-32-21-13-12-18(26)16-20(21)23(31)28-24(33)27-19-11-9-10-17(15-19)22(30)29-25(2,3)4/h9-13,15-16H,5-8,14H2,1-4H3,(H,29,30)(H2,27,28,31,33). The number of carbonyl (C=O) groups is 2. The number of benzene rings is 2. The molecule has 2 aromatic carbocycles. The van der Waals surface area contributed by atoms with E-state index in [9.17, 15) is 9.59 Å². The van der Waals surface area contributed by atoms with Crippen molar-refractivity contribution in [2.45, 2.75) is 58.9 Å². The molecule has 2 amide bonds. The summed E-state index contributed by atoms with van der Waals surface area (Å²) in [7, 11) is 0. The zero-order valence-corrected chi connectivity index (χ0v) is 22.0. The minimum atomic E-state index is -0.376. The van der Waals surface area contributed by atoms with Gasteiger partial charge in [-0.2, -0.15) is 0 Å². The maximum atomic E-state index is 12.9. The van der Waals surface area contributed by atoms with Crippen LogP contribution in [0.25, 0.3) is 0 Å². The molecule has 0 atom stereocenters. The number of unbranched alkanes of at least 4 members (excludes halogenated alkanes) is 3. The van der Waals surface area contributed by atoms with Crippen LogP contribution < -0.4 is 20.7 Å². The third-order valence-electron chi connectivity index (χ3n) is 4.54. The molecule has 0 aliphatic rings. The highest BCUT2D eigenvalue weighted by Gasteiger charge is 2.17. The van der Waals surface area contributed by atoms with Crippen molar-refractivity contribution in [3.05, 3.63) is 58.1 Å². The SMILES string of the molecule is CCCCCCOc1ccc(Br)cc1C(=O)NC(=S)Nc1cccc(C(=O)NC(C)(C)C)c1.